The summed E-state index contributed by atoms with van der Waals surface area (Å²) in [6.45, 7) is 5.21. The minimum absolute atomic E-state index is 0.678. The molecule has 0 N–H and O–H groups in total. The van der Waals surface area contributed by atoms with E-state index in [9.17, 15) is 0 Å². The Hall–Kier alpha value is 0.827. The lowest BCUT2D eigenvalue weighted by molar-refractivity contribution is 1.70. The highest BCUT2D eigenvalue weighted by molar-refractivity contribution is 7.67. The third-order valence-electron chi connectivity index (χ3n) is 0.484. The summed E-state index contributed by atoms with van der Waals surface area (Å²) in [7, 11) is 0. The maximum absolute atomic E-state index is 5.44. The Morgan fingerprint density at radius 1 is 1.43 bits per heavy atom. The molecule has 0 aromatic heterocycles. The number of hydrogen-bond donors (Lipinski definition) is 0. The highest BCUT2D eigenvalue weighted by atomic mass is 35.8. The van der Waals surface area contributed by atoms with E-state index in [4.69, 9.17) is 33.2 Å². The van der Waals surface area contributed by atoms with Crippen molar-refractivity contribution in [3.63, 3.8) is 0 Å². The molecular formula is C3H5Cl3Si. The van der Waals surface area contributed by atoms with E-state index in [1.165, 1.54) is 0 Å². The molecule has 0 nitrogen and oxygen atoms in total. The number of hydrogen-bond acceptors (Lipinski definition) is 0. The first-order valence-corrected chi connectivity index (χ1v) is 6.71. The Labute approximate surface area is 58.2 Å². The lowest BCUT2D eigenvalue weighted by Gasteiger charge is -2.03. The van der Waals surface area contributed by atoms with Crippen LogP contribution in [0.2, 0.25) is 0 Å². The van der Waals surface area contributed by atoms with Gasteiger partial charge in [-0.25, -0.2) is 0 Å². The van der Waals surface area contributed by atoms with Crippen LogP contribution in [0.3, 0.4) is 0 Å². The molecule has 4 heteroatoms. The van der Waals surface area contributed by atoms with Crippen LogP contribution >= 0.6 is 33.2 Å². The van der Waals surface area contributed by atoms with Crippen molar-refractivity contribution in [1.82, 2.24) is 0 Å². The quantitative estimate of drug-likeness (QED) is 0.425. The molecule has 0 aromatic rings. The summed E-state index contributed by atoms with van der Waals surface area (Å²) in [6.07, 6.45) is 0. The third-order valence-corrected chi connectivity index (χ3v) is 4.36. The van der Waals surface area contributed by atoms with Gasteiger partial charge in [-0.1, -0.05) is 0 Å². The van der Waals surface area contributed by atoms with Crippen molar-refractivity contribution in [1.29, 1.82) is 0 Å². The molecule has 0 fully saturated rings. The third kappa shape index (κ3) is 3.41. The average Bonchev–Trinajstić information content (AvgIpc) is 1.31. The van der Waals surface area contributed by atoms with Crippen LogP contribution in [0.1, 0.15) is 6.92 Å². The topological polar surface area (TPSA) is 0 Å². The predicted octanol–water partition coefficient (Wildman–Crippen LogP) is 2.76. The Bertz CT molecular complexity index is 82.7. The normalized spacial score (nSPS) is 11.4. The molecule has 0 aliphatic carbocycles. The fourth-order valence-corrected chi connectivity index (χ4v) is 0. The lowest BCUT2D eigenvalue weighted by Crippen LogP contribution is -2.09. The molecule has 0 aromatic carbocycles. The summed E-state index contributed by atoms with van der Waals surface area (Å²) >= 11 is 16.3. The second-order valence-corrected chi connectivity index (χ2v) is 9.97. The van der Waals surface area contributed by atoms with Crippen molar-refractivity contribution in [2.45, 2.75) is 6.92 Å². The number of halogens is 3. The average molecular weight is 176 g/mol. The van der Waals surface area contributed by atoms with Crippen molar-refractivity contribution >= 4 is 39.2 Å². The smallest absolute Gasteiger partial charge is 0.121 e. The van der Waals surface area contributed by atoms with Gasteiger partial charge in [0.15, 0.2) is 0 Å². The molecule has 0 saturated carbocycles. The Morgan fingerprint density at radius 2 is 1.57 bits per heavy atom. The van der Waals surface area contributed by atoms with Gasteiger partial charge in [0, 0.05) is 0 Å². The molecule has 0 bridgehead atoms. The van der Waals surface area contributed by atoms with Gasteiger partial charge in [-0.3, -0.25) is 0 Å². The predicted molar refractivity (Wildman–Crippen MR) is 38.1 cm³/mol. The molecule has 0 spiro atoms. The second kappa shape index (κ2) is 2.40. The van der Waals surface area contributed by atoms with Gasteiger partial charge in [-0.05, 0) is 12.1 Å². The molecule has 42 valence electrons. The first-order chi connectivity index (χ1) is 2.94. The Morgan fingerprint density at radius 3 is 1.57 bits per heavy atom. The molecule has 0 aliphatic heterocycles. The summed E-state index contributed by atoms with van der Waals surface area (Å²) in [6, 6.07) is -2.51. The maximum Gasteiger partial charge on any atom is 0.368 e. The van der Waals surface area contributed by atoms with Crippen LogP contribution in [0.5, 0.6) is 0 Å². The van der Waals surface area contributed by atoms with E-state index in [1.54, 1.807) is 6.92 Å². The van der Waals surface area contributed by atoms with Gasteiger partial charge in [0.2, 0.25) is 0 Å². The fraction of sp³-hybridized carbons (Fsp3) is 0.333. The van der Waals surface area contributed by atoms with Gasteiger partial charge in [-0.15, -0.1) is 39.8 Å². The van der Waals surface area contributed by atoms with Crippen LogP contribution in [0.15, 0.2) is 11.8 Å². The van der Waals surface area contributed by atoms with Crippen LogP contribution in [0.4, 0.5) is 0 Å². The SMILES string of the molecule is C=C(C)[Si](Cl)(Cl)Cl. The van der Waals surface area contributed by atoms with Crippen LogP contribution in [-0.2, 0) is 0 Å². The van der Waals surface area contributed by atoms with Gasteiger partial charge in [0.1, 0.15) is 0 Å². The van der Waals surface area contributed by atoms with Gasteiger partial charge in [-0.2, -0.15) is 0 Å². The van der Waals surface area contributed by atoms with Crippen LogP contribution in [0.25, 0.3) is 0 Å². The molecule has 0 saturated heterocycles. The van der Waals surface area contributed by atoms with E-state index in [1.807, 2.05) is 0 Å². The van der Waals surface area contributed by atoms with E-state index < -0.39 is 6.00 Å². The van der Waals surface area contributed by atoms with E-state index in [0.717, 1.165) is 0 Å². The van der Waals surface area contributed by atoms with E-state index >= 15 is 0 Å². The van der Waals surface area contributed by atoms with Crippen molar-refractivity contribution in [3.05, 3.63) is 11.8 Å². The largest absolute Gasteiger partial charge is 0.368 e. The van der Waals surface area contributed by atoms with Gasteiger partial charge < -0.3 is 0 Å². The van der Waals surface area contributed by atoms with E-state index in [-0.39, 0.29) is 0 Å². The van der Waals surface area contributed by atoms with Crippen LogP contribution < -0.4 is 0 Å². The first-order valence-electron chi connectivity index (χ1n) is 1.67. The molecule has 0 rings (SSSR count). The molecule has 0 amide bonds. The Balaban J connectivity index is 3.79. The summed E-state index contributed by atoms with van der Waals surface area (Å²) in [5.74, 6) is 0. The minimum atomic E-state index is -2.51. The zero-order chi connectivity index (χ0) is 6.08. The lowest BCUT2D eigenvalue weighted by atomic mass is 10.8. The maximum atomic E-state index is 5.44. The molecule has 0 atom stereocenters. The van der Waals surface area contributed by atoms with E-state index in [2.05, 4.69) is 6.58 Å². The molecular weight excluding hydrogens is 170 g/mol. The van der Waals surface area contributed by atoms with E-state index in [0.29, 0.717) is 5.20 Å². The van der Waals surface area contributed by atoms with Crippen LogP contribution in [-0.4, -0.2) is 6.00 Å². The second-order valence-electron chi connectivity index (χ2n) is 1.28. The number of allylic oxidation sites excluding steroid dienone is 1. The summed E-state index contributed by atoms with van der Waals surface area (Å²) in [5.41, 5.74) is 0. The standard InChI is InChI=1S/C3H5Cl3Si/c1-3(2)7(4,5)6/h1H2,2H3. The monoisotopic (exact) mass is 174 g/mol. The molecule has 0 heterocycles. The van der Waals surface area contributed by atoms with Gasteiger partial charge in [0.25, 0.3) is 0 Å². The highest BCUT2D eigenvalue weighted by Crippen LogP contribution is 2.26. The van der Waals surface area contributed by atoms with Gasteiger partial charge >= 0.3 is 6.00 Å². The molecule has 0 radical (unpaired) electrons. The molecule has 7 heavy (non-hydrogen) atoms. The summed E-state index contributed by atoms with van der Waals surface area (Å²) in [4.78, 5) is 0. The van der Waals surface area contributed by atoms with Crippen LogP contribution in [0, 0.1) is 0 Å². The summed E-state index contributed by atoms with van der Waals surface area (Å²) < 4.78 is 0. The fourth-order valence-electron chi connectivity index (χ4n) is 0. The van der Waals surface area contributed by atoms with Crippen molar-refractivity contribution in [2.75, 3.05) is 0 Å². The Kier molecular flexibility index (Phi) is 2.68. The first kappa shape index (κ1) is 7.83. The highest BCUT2D eigenvalue weighted by Gasteiger charge is 2.25. The van der Waals surface area contributed by atoms with Gasteiger partial charge in [0.05, 0.1) is 0 Å². The summed E-state index contributed by atoms with van der Waals surface area (Å²) in [5, 5.41) is 0.678. The van der Waals surface area contributed by atoms with Crippen molar-refractivity contribution in [2.24, 2.45) is 0 Å². The zero-order valence-corrected chi connectivity index (χ0v) is 7.11. The zero-order valence-electron chi connectivity index (χ0n) is 3.84. The van der Waals surface area contributed by atoms with Crippen molar-refractivity contribution < 1.29 is 0 Å². The van der Waals surface area contributed by atoms with Crippen molar-refractivity contribution in [3.8, 4) is 0 Å². The number of rotatable bonds is 1. The molecule has 0 aliphatic rings. The molecule has 0 unspecified atom stereocenters. The minimum Gasteiger partial charge on any atom is -0.121 e.